The molecule has 0 saturated carbocycles. The largest absolute Gasteiger partial charge is 0.396 e. The number of anilines is 1. The van der Waals surface area contributed by atoms with E-state index >= 15 is 0 Å². The number of nitrogens with zero attached hydrogens (tertiary/aromatic N) is 2. The number of rotatable bonds is 3. The van der Waals surface area contributed by atoms with Crippen LogP contribution >= 0.6 is 0 Å². The van der Waals surface area contributed by atoms with E-state index in [0.29, 0.717) is 0 Å². The molecule has 0 saturated heterocycles. The number of hydrogen-bond donors (Lipinski definition) is 1. The van der Waals surface area contributed by atoms with Crippen molar-refractivity contribution in [3.63, 3.8) is 0 Å². The molecule has 16 heavy (non-hydrogen) atoms. The van der Waals surface area contributed by atoms with Crippen molar-refractivity contribution in [2.24, 2.45) is 0 Å². The molecular weight excluding hydrogens is 205 g/mol. The number of hydrogen-bond acceptors (Lipinski definition) is 2. The van der Waals surface area contributed by atoms with Crippen LogP contribution in [0.25, 0.3) is 11.4 Å². The fraction of sp³-hybridized carbons (Fsp3) is 0.250. The first-order valence-corrected chi connectivity index (χ1v) is 5.29. The summed E-state index contributed by atoms with van der Waals surface area (Å²) in [6.07, 6.45) is 4.63. The quantitative estimate of drug-likeness (QED) is 0.806. The highest BCUT2D eigenvalue weighted by Crippen LogP contribution is 2.21. The van der Waals surface area contributed by atoms with Gasteiger partial charge in [0.15, 0.2) is 0 Å². The Morgan fingerprint density at radius 3 is 2.94 bits per heavy atom. The lowest BCUT2D eigenvalue weighted by Gasteiger charge is -2.06. The predicted molar refractivity (Wildman–Crippen MR) is 62.3 cm³/mol. The first kappa shape index (κ1) is 10.7. The molecule has 1 aromatic carbocycles. The second-order valence-corrected chi connectivity index (χ2v) is 3.68. The normalized spacial score (nSPS) is 10.6. The van der Waals surface area contributed by atoms with Crippen LogP contribution in [0.2, 0.25) is 0 Å². The highest BCUT2D eigenvalue weighted by atomic mass is 19.1. The minimum atomic E-state index is -0.399. The molecule has 0 aliphatic heterocycles. The topological polar surface area (TPSA) is 43.8 Å². The molecule has 0 spiro atoms. The average molecular weight is 219 g/mol. The minimum Gasteiger partial charge on any atom is -0.396 e. The molecule has 2 aromatic rings. The number of aromatic nitrogens is 2. The highest BCUT2D eigenvalue weighted by molar-refractivity contribution is 5.59. The van der Waals surface area contributed by atoms with Crippen LogP contribution in [0.15, 0.2) is 30.6 Å². The maximum Gasteiger partial charge on any atom is 0.146 e. The lowest BCUT2D eigenvalue weighted by atomic mass is 10.2. The Bertz CT molecular complexity index is 491. The zero-order chi connectivity index (χ0) is 11.5. The van der Waals surface area contributed by atoms with Gasteiger partial charge in [0.05, 0.1) is 5.69 Å². The Morgan fingerprint density at radius 2 is 2.25 bits per heavy atom. The van der Waals surface area contributed by atoms with Crippen molar-refractivity contribution in [3.8, 4) is 11.4 Å². The maximum atomic E-state index is 13.3. The van der Waals surface area contributed by atoms with Crippen LogP contribution in [0, 0.1) is 5.82 Å². The van der Waals surface area contributed by atoms with E-state index in [9.17, 15) is 4.39 Å². The SMILES string of the molecule is CCCn1ccnc1-c1ccc(N)c(F)c1. The van der Waals surface area contributed by atoms with E-state index in [0.717, 1.165) is 24.4 Å². The Labute approximate surface area is 93.7 Å². The number of aryl methyl sites for hydroxylation is 1. The van der Waals surface area contributed by atoms with E-state index in [1.54, 1.807) is 18.3 Å². The second-order valence-electron chi connectivity index (χ2n) is 3.68. The van der Waals surface area contributed by atoms with E-state index in [1.807, 2.05) is 10.8 Å². The van der Waals surface area contributed by atoms with Crippen LogP contribution in [0.3, 0.4) is 0 Å². The molecule has 0 unspecified atom stereocenters. The lowest BCUT2D eigenvalue weighted by molar-refractivity contribution is 0.632. The van der Waals surface area contributed by atoms with Crippen molar-refractivity contribution in [1.82, 2.24) is 9.55 Å². The molecule has 1 aromatic heterocycles. The first-order valence-electron chi connectivity index (χ1n) is 5.29. The third-order valence-corrected chi connectivity index (χ3v) is 2.44. The summed E-state index contributed by atoms with van der Waals surface area (Å²) in [5.41, 5.74) is 6.36. The van der Waals surface area contributed by atoms with Gasteiger partial charge in [0.25, 0.3) is 0 Å². The summed E-state index contributed by atoms with van der Waals surface area (Å²) < 4.78 is 15.3. The smallest absolute Gasteiger partial charge is 0.146 e. The molecule has 0 radical (unpaired) electrons. The summed E-state index contributed by atoms with van der Waals surface area (Å²) in [7, 11) is 0. The zero-order valence-corrected chi connectivity index (χ0v) is 9.15. The molecule has 84 valence electrons. The van der Waals surface area contributed by atoms with Crippen LogP contribution in [0.1, 0.15) is 13.3 Å². The fourth-order valence-corrected chi connectivity index (χ4v) is 1.66. The van der Waals surface area contributed by atoms with Crippen molar-refractivity contribution in [2.75, 3.05) is 5.73 Å². The van der Waals surface area contributed by atoms with Crippen molar-refractivity contribution >= 4 is 5.69 Å². The van der Waals surface area contributed by atoms with Crippen LogP contribution in [-0.2, 0) is 6.54 Å². The Kier molecular flexibility index (Phi) is 2.90. The van der Waals surface area contributed by atoms with Gasteiger partial charge in [-0.25, -0.2) is 9.37 Å². The minimum absolute atomic E-state index is 0.164. The van der Waals surface area contributed by atoms with Gasteiger partial charge >= 0.3 is 0 Å². The van der Waals surface area contributed by atoms with Crippen LogP contribution in [0.4, 0.5) is 10.1 Å². The van der Waals surface area contributed by atoms with Gasteiger partial charge in [0, 0.05) is 24.5 Å². The monoisotopic (exact) mass is 219 g/mol. The molecule has 0 atom stereocenters. The van der Waals surface area contributed by atoms with Gasteiger partial charge in [-0.1, -0.05) is 6.92 Å². The third-order valence-electron chi connectivity index (χ3n) is 2.44. The van der Waals surface area contributed by atoms with E-state index in [1.165, 1.54) is 6.07 Å². The maximum absolute atomic E-state index is 13.3. The van der Waals surface area contributed by atoms with Gasteiger partial charge in [-0.05, 0) is 24.6 Å². The number of nitrogen functional groups attached to an aromatic ring is 1. The lowest BCUT2D eigenvalue weighted by Crippen LogP contribution is -1.99. The van der Waals surface area contributed by atoms with E-state index in [4.69, 9.17) is 5.73 Å². The van der Waals surface area contributed by atoms with Gasteiger partial charge in [0.1, 0.15) is 11.6 Å². The number of imidazole rings is 1. The fourth-order valence-electron chi connectivity index (χ4n) is 1.66. The Balaban J connectivity index is 2.42. The molecule has 0 aliphatic rings. The van der Waals surface area contributed by atoms with Gasteiger partial charge < -0.3 is 10.3 Å². The third kappa shape index (κ3) is 1.91. The number of benzene rings is 1. The second kappa shape index (κ2) is 4.35. The summed E-state index contributed by atoms with van der Waals surface area (Å²) in [5.74, 6) is 0.379. The number of nitrogens with two attached hydrogens (primary N) is 1. The molecule has 0 bridgehead atoms. The van der Waals surface area contributed by atoms with Crippen LogP contribution in [-0.4, -0.2) is 9.55 Å². The van der Waals surface area contributed by atoms with E-state index in [-0.39, 0.29) is 5.69 Å². The van der Waals surface area contributed by atoms with Crippen LogP contribution < -0.4 is 5.73 Å². The molecule has 3 nitrogen and oxygen atoms in total. The van der Waals surface area contributed by atoms with E-state index < -0.39 is 5.82 Å². The van der Waals surface area contributed by atoms with Crippen molar-refractivity contribution in [2.45, 2.75) is 19.9 Å². The van der Waals surface area contributed by atoms with Gasteiger partial charge in [-0.3, -0.25) is 0 Å². The summed E-state index contributed by atoms with van der Waals surface area (Å²) in [5, 5.41) is 0. The van der Waals surface area contributed by atoms with Gasteiger partial charge in [-0.2, -0.15) is 0 Å². The molecule has 0 amide bonds. The van der Waals surface area contributed by atoms with Crippen LogP contribution in [0.5, 0.6) is 0 Å². The van der Waals surface area contributed by atoms with E-state index in [2.05, 4.69) is 11.9 Å². The standard InChI is InChI=1S/C12H14FN3/c1-2-6-16-7-5-15-12(16)9-3-4-11(14)10(13)8-9/h3-5,7-8H,2,6,14H2,1H3. The molecule has 1 heterocycles. The Morgan fingerprint density at radius 1 is 1.44 bits per heavy atom. The van der Waals surface area contributed by atoms with Crippen molar-refractivity contribution in [3.05, 3.63) is 36.4 Å². The van der Waals surface area contributed by atoms with Crippen molar-refractivity contribution in [1.29, 1.82) is 0 Å². The Hall–Kier alpha value is -1.84. The molecule has 0 fully saturated rings. The average Bonchev–Trinajstić information content (AvgIpc) is 2.71. The summed E-state index contributed by atoms with van der Waals surface area (Å²) >= 11 is 0. The number of halogens is 1. The molecule has 2 rings (SSSR count). The first-order chi connectivity index (χ1) is 7.72. The highest BCUT2D eigenvalue weighted by Gasteiger charge is 2.07. The van der Waals surface area contributed by atoms with Gasteiger partial charge in [-0.15, -0.1) is 0 Å². The molecular formula is C12H14FN3. The summed E-state index contributed by atoms with van der Waals surface area (Å²) in [6.45, 7) is 2.97. The zero-order valence-electron chi connectivity index (χ0n) is 9.15. The summed E-state index contributed by atoms with van der Waals surface area (Å²) in [4.78, 5) is 4.23. The predicted octanol–water partition coefficient (Wildman–Crippen LogP) is 2.68. The molecule has 2 N–H and O–H groups in total. The molecule has 0 aliphatic carbocycles. The molecule has 4 heteroatoms. The van der Waals surface area contributed by atoms with Gasteiger partial charge in [0.2, 0.25) is 0 Å². The van der Waals surface area contributed by atoms with Crippen molar-refractivity contribution < 1.29 is 4.39 Å². The summed E-state index contributed by atoms with van der Waals surface area (Å²) in [6, 6.07) is 4.77.